The maximum Gasteiger partial charge on any atom is 0.157 e. The van der Waals surface area contributed by atoms with Crippen LogP contribution in [-0.2, 0) is 0 Å². The number of thioether (sulfide) groups is 1. The summed E-state index contributed by atoms with van der Waals surface area (Å²) in [5.74, 6) is 2.09. The van der Waals surface area contributed by atoms with E-state index in [1.165, 1.54) is 36.6 Å². The maximum absolute atomic E-state index is 4.75. The van der Waals surface area contributed by atoms with Crippen LogP contribution in [0.5, 0.6) is 0 Å². The zero-order chi connectivity index (χ0) is 13.9. The third-order valence-corrected chi connectivity index (χ3v) is 5.74. The first kappa shape index (κ1) is 15.2. The molecule has 2 aliphatic rings. The van der Waals surface area contributed by atoms with Gasteiger partial charge in [0.05, 0.1) is 6.54 Å². The summed E-state index contributed by atoms with van der Waals surface area (Å²) in [5.41, 5.74) is 0.366. The van der Waals surface area contributed by atoms with Gasteiger partial charge >= 0.3 is 0 Å². The summed E-state index contributed by atoms with van der Waals surface area (Å²) in [6.07, 6.45) is 5.43. The molecule has 0 amide bonds. The fourth-order valence-corrected chi connectivity index (χ4v) is 4.28. The van der Waals surface area contributed by atoms with Crippen LogP contribution in [0.15, 0.2) is 4.99 Å². The predicted molar refractivity (Wildman–Crippen MR) is 86.0 cm³/mol. The Balaban J connectivity index is 1.81. The first-order chi connectivity index (χ1) is 9.01. The van der Waals surface area contributed by atoms with Crippen LogP contribution < -0.4 is 5.32 Å². The Bertz CT molecular complexity index is 329. The minimum absolute atomic E-state index is 0.366. The lowest BCUT2D eigenvalue weighted by atomic mass is 9.78. The summed E-state index contributed by atoms with van der Waals surface area (Å²) in [4.78, 5) is 7.10. The highest BCUT2D eigenvalue weighted by Gasteiger charge is 2.40. The summed E-state index contributed by atoms with van der Waals surface area (Å²) in [6, 6.07) is 0.606. The van der Waals surface area contributed by atoms with E-state index >= 15 is 0 Å². The molecule has 1 saturated carbocycles. The van der Waals surface area contributed by atoms with Gasteiger partial charge in [-0.15, -0.1) is 0 Å². The highest BCUT2D eigenvalue weighted by Crippen LogP contribution is 2.38. The molecule has 1 aliphatic carbocycles. The van der Waals surface area contributed by atoms with E-state index in [0.29, 0.717) is 11.6 Å². The van der Waals surface area contributed by atoms with Crippen LogP contribution in [0.2, 0.25) is 0 Å². The molecule has 1 saturated heterocycles. The molecule has 1 N–H and O–H groups in total. The molecule has 110 valence electrons. The molecular formula is C15H29N3S. The van der Waals surface area contributed by atoms with Gasteiger partial charge in [-0.05, 0) is 39.7 Å². The quantitative estimate of drug-likeness (QED) is 0.859. The first-order valence-corrected chi connectivity index (χ1v) is 8.65. The number of amidine groups is 1. The van der Waals surface area contributed by atoms with E-state index in [9.17, 15) is 0 Å². The summed E-state index contributed by atoms with van der Waals surface area (Å²) < 4.78 is 0. The molecule has 2 atom stereocenters. The molecule has 2 rings (SSSR count). The first-order valence-electron chi connectivity index (χ1n) is 7.66. The molecule has 19 heavy (non-hydrogen) atoms. The van der Waals surface area contributed by atoms with Crippen molar-refractivity contribution in [2.45, 2.75) is 58.0 Å². The van der Waals surface area contributed by atoms with Crippen LogP contribution in [0.25, 0.3) is 0 Å². The van der Waals surface area contributed by atoms with Crippen LogP contribution in [0.3, 0.4) is 0 Å². The number of likely N-dealkylation sites (N-methyl/N-ethyl adjacent to an activating group) is 1. The number of nitrogens with one attached hydrogen (secondary N) is 1. The minimum Gasteiger partial charge on any atom is -0.359 e. The fourth-order valence-electron chi connectivity index (χ4n) is 3.06. The zero-order valence-electron chi connectivity index (χ0n) is 12.9. The van der Waals surface area contributed by atoms with Gasteiger partial charge in [0, 0.05) is 23.9 Å². The molecule has 0 aromatic rings. The molecule has 2 unspecified atom stereocenters. The van der Waals surface area contributed by atoms with Crippen molar-refractivity contribution < 1.29 is 0 Å². The van der Waals surface area contributed by atoms with Crippen LogP contribution in [0.1, 0.15) is 46.5 Å². The second-order valence-electron chi connectivity index (χ2n) is 6.66. The Hall–Kier alpha value is -0.220. The predicted octanol–water partition coefficient (Wildman–Crippen LogP) is 2.97. The molecule has 0 radical (unpaired) electrons. The smallest absolute Gasteiger partial charge is 0.157 e. The van der Waals surface area contributed by atoms with Gasteiger partial charge in [0.15, 0.2) is 5.17 Å². The van der Waals surface area contributed by atoms with E-state index in [2.05, 4.69) is 38.0 Å². The Labute approximate surface area is 122 Å². The van der Waals surface area contributed by atoms with Gasteiger partial charge in [-0.3, -0.25) is 4.99 Å². The van der Waals surface area contributed by atoms with Crippen molar-refractivity contribution in [3.63, 3.8) is 0 Å². The summed E-state index contributed by atoms with van der Waals surface area (Å²) >= 11 is 1.93. The van der Waals surface area contributed by atoms with Crippen LogP contribution in [0, 0.1) is 5.92 Å². The van der Waals surface area contributed by atoms with Crippen LogP contribution in [-0.4, -0.2) is 47.5 Å². The van der Waals surface area contributed by atoms with Gasteiger partial charge in [0.2, 0.25) is 0 Å². The molecule has 4 heteroatoms. The minimum atomic E-state index is 0.366. The molecule has 1 aliphatic heterocycles. The van der Waals surface area contributed by atoms with Crippen molar-refractivity contribution in [2.24, 2.45) is 10.9 Å². The number of nitrogens with zero attached hydrogens (tertiary/aromatic N) is 2. The SMILES string of the molecule is CC1CCCC2(CSC(=NCCN(C)C(C)C)N2)C1. The van der Waals surface area contributed by atoms with E-state index in [0.717, 1.165) is 19.0 Å². The van der Waals surface area contributed by atoms with Crippen molar-refractivity contribution in [1.29, 1.82) is 0 Å². The lowest BCUT2D eigenvalue weighted by Crippen LogP contribution is -2.47. The van der Waals surface area contributed by atoms with E-state index in [1.807, 2.05) is 11.8 Å². The van der Waals surface area contributed by atoms with E-state index in [1.54, 1.807) is 0 Å². The molecular weight excluding hydrogens is 254 g/mol. The van der Waals surface area contributed by atoms with Gasteiger partial charge in [-0.1, -0.05) is 31.5 Å². The second kappa shape index (κ2) is 6.49. The number of rotatable bonds is 4. The van der Waals surface area contributed by atoms with Gasteiger partial charge < -0.3 is 10.2 Å². The Kier molecular flexibility index (Phi) is 5.18. The zero-order valence-corrected chi connectivity index (χ0v) is 13.7. The largest absolute Gasteiger partial charge is 0.359 e. The van der Waals surface area contributed by atoms with Gasteiger partial charge in [0.1, 0.15) is 0 Å². The molecule has 1 heterocycles. The maximum atomic E-state index is 4.75. The number of hydrogen-bond donors (Lipinski definition) is 1. The Morgan fingerprint density at radius 2 is 2.32 bits per heavy atom. The molecule has 0 bridgehead atoms. The summed E-state index contributed by atoms with van der Waals surface area (Å²) in [7, 11) is 2.17. The van der Waals surface area contributed by atoms with Crippen molar-refractivity contribution in [1.82, 2.24) is 10.2 Å². The van der Waals surface area contributed by atoms with E-state index in [4.69, 9.17) is 4.99 Å². The number of aliphatic imine (C=N–C) groups is 1. The van der Waals surface area contributed by atoms with Crippen molar-refractivity contribution in [2.75, 3.05) is 25.9 Å². The normalized spacial score (nSPS) is 33.6. The Morgan fingerprint density at radius 3 is 3.00 bits per heavy atom. The molecule has 1 spiro atoms. The van der Waals surface area contributed by atoms with Gasteiger partial charge in [-0.2, -0.15) is 0 Å². The van der Waals surface area contributed by atoms with E-state index < -0.39 is 0 Å². The summed E-state index contributed by atoms with van der Waals surface area (Å²) in [6.45, 7) is 8.81. The molecule has 0 aromatic heterocycles. The molecule has 3 nitrogen and oxygen atoms in total. The monoisotopic (exact) mass is 283 g/mol. The summed E-state index contributed by atoms with van der Waals surface area (Å²) in [5, 5.41) is 4.92. The standard InChI is InChI=1S/C15H29N3S/c1-12(2)18(4)9-8-16-14-17-15(11-19-14)7-5-6-13(3)10-15/h12-13H,5-11H2,1-4H3,(H,16,17). The third kappa shape index (κ3) is 4.12. The lowest BCUT2D eigenvalue weighted by Gasteiger charge is -2.36. The topological polar surface area (TPSA) is 27.6 Å². The van der Waals surface area contributed by atoms with E-state index in [-0.39, 0.29) is 0 Å². The highest BCUT2D eigenvalue weighted by molar-refractivity contribution is 8.14. The molecule has 0 aromatic carbocycles. The van der Waals surface area contributed by atoms with Crippen LogP contribution in [0.4, 0.5) is 0 Å². The molecule has 2 fully saturated rings. The van der Waals surface area contributed by atoms with Crippen molar-refractivity contribution >= 4 is 16.9 Å². The highest BCUT2D eigenvalue weighted by atomic mass is 32.2. The van der Waals surface area contributed by atoms with Crippen LogP contribution >= 0.6 is 11.8 Å². The lowest BCUT2D eigenvalue weighted by molar-refractivity contribution is 0.242. The average Bonchev–Trinajstić information content (AvgIpc) is 2.71. The Morgan fingerprint density at radius 1 is 1.53 bits per heavy atom. The van der Waals surface area contributed by atoms with Gasteiger partial charge in [-0.25, -0.2) is 0 Å². The average molecular weight is 283 g/mol. The third-order valence-electron chi connectivity index (χ3n) is 4.54. The number of hydrogen-bond acceptors (Lipinski definition) is 3. The van der Waals surface area contributed by atoms with Crippen molar-refractivity contribution in [3.8, 4) is 0 Å². The second-order valence-corrected chi connectivity index (χ2v) is 7.62. The van der Waals surface area contributed by atoms with Gasteiger partial charge in [0.25, 0.3) is 0 Å². The van der Waals surface area contributed by atoms with Crippen molar-refractivity contribution in [3.05, 3.63) is 0 Å². The fraction of sp³-hybridized carbons (Fsp3) is 0.933.